The Balaban J connectivity index is 1.66. The van der Waals surface area contributed by atoms with Gasteiger partial charge in [-0.05, 0) is 43.9 Å². The summed E-state index contributed by atoms with van der Waals surface area (Å²) in [4.78, 5) is 16.4. The molecule has 2 aromatic rings. The molecule has 0 bridgehead atoms. The first-order chi connectivity index (χ1) is 10.2. The van der Waals surface area contributed by atoms with Crippen LogP contribution in [0.3, 0.4) is 0 Å². The van der Waals surface area contributed by atoms with E-state index in [0.717, 1.165) is 30.5 Å². The molecule has 4 nitrogen and oxygen atoms in total. The molecule has 0 unspecified atom stereocenters. The molecule has 3 N–H and O–H groups in total. The predicted octanol–water partition coefficient (Wildman–Crippen LogP) is 2.66. The van der Waals surface area contributed by atoms with Crippen LogP contribution in [0.2, 0.25) is 0 Å². The highest BCUT2D eigenvalue weighted by molar-refractivity contribution is 7.09. The highest BCUT2D eigenvalue weighted by Crippen LogP contribution is 2.11. The molecule has 0 radical (unpaired) electrons. The van der Waals surface area contributed by atoms with Gasteiger partial charge in [0.05, 0.1) is 5.01 Å². The van der Waals surface area contributed by atoms with Gasteiger partial charge < -0.3 is 11.1 Å². The van der Waals surface area contributed by atoms with Gasteiger partial charge in [0.15, 0.2) is 0 Å². The van der Waals surface area contributed by atoms with E-state index in [0.29, 0.717) is 18.7 Å². The van der Waals surface area contributed by atoms with Crippen LogP contribution >= 0.6 is 11.3 Å². The summed E-state index contributed by atoms with van der Waals surface area (Å²) in [6, 6.07) is 7.41. The lowest BCUT2D eigenvalue weighted by molar-refractivity contribution is 0.0953. The Hall–Kier alpha value is -1.72. The van der Waals surface area contributed by atoms with E-state index in [1.807, 2.05) is 31.2 Å². The smallest absolute Gasteiger partial charge is 0.251 e. The van der Waals surface area contributed by atoms with E-state index in [1.54, 1.807) is 11.3 Å². The first-order valence-electron chi connectivity index (χ1n) is 7.17. The highest BCUT2D eigenvalue weighted by atomic mass is 32.1. The van der Waals surface area contributed by atoms with Crippen LogP contribution in [0.5, 0.6) is 0 Å². The summed E-state index contributed by atoms with van der Waals surface area (Å²) in [6.07, 6.45) is 2.99. The van der Waals surface area contributed by atoms with E-state index in [1.165, 1.54) is 5.01 Å². The standard InChI is InChI=1S/C16H21N3OS/c1-12-11-21-15(19-12)4-2-3-9-18-16(20)14-7-5-13(10-17)6-8-14/h5-8,11H,2-4,9-10,17H2,1H3,(H,18,20). The van der Waals surface area contributed by atoms with Gasteiger partial charge in [0, 0.05) is 29.7 Å². The summed E-state index contributed by atoms with van der Waals surface area (Å²) in [7, 11) is 0. The molecule has 0 aliphatic rings. The van der Waals surface area contributed by atoms with Crippen LogP contribution in [0, 0.1) is 6.92 Å². The molecule has 1 amide bonds. The average Bonchev–Trinajstić information content (AvgIpc) is 2.92. The number of unbranched alkanes of at least 4 members (excludes halogenated alkanes) is 1. The molecule has 112 valence electrons. The fourth-order valence-electron chi connectivity index (χ4n) is 2.01. The minimum Gasteiger partial charge on any atom is -0.352 e. The van der Waals surface area contributed by atoms with Crippen LogP contribution in [-0.4, -0.2) is 17.4 Å². The zero-order valence-electron chi connectivity index (χ0n) is 12.3. The maximum Gasteiger partial charge on any atom is 0.251 e. The van der Waals surface area contributed by atoms with Gasteiger partial charge in [-0.1, -0.05) is 12.1 Å². The Morgan fingerprint density at radius 2 is 2.05 bits per heavy atom. The second-order valence-corrected chi connectivity index (χ2v) is 5.94. The molecule has 5 heteroatoms. The fraction of sp³-hybridized carbons (Fsp3) is 0.375. The zero-order valence-corrected chi connectivity index (χ0v) is 13.1. The summed E-state index contributed by atoms with van der Waals surface area (Å²) in [6.45, 7) is 3.20. The van der Waals surface area contributed by atoms with Gasteiger partial charge in [-0.2, -0.15) is 0 Å². The minimum absolute atomic E-state index is 0.0244. The number of nitrogens with one attached hydrogen (secondary N) is 1. The Labute approximate surface area is 129 Å². The Bertz CT molecular complexity index is 577. The van der Waals surface area contributed by atoms with E-state index in [2.05, 4.69) is 15.7 Å². The third-order valence-electron chi connectivity index (χ3n) is 3.22. The monoisotopic (exact) mass is 303 g/mol. The van der Waals surface area contributed by atoms with E-state index in [4.69, 9.17) is 5.73 Å². The predicted molar refractivity (Wildman–Crippen MR) is 86.5 cm³/mol. The lowest BCUT2D eigenvalue weighted by Gasteiger charge is -2.05. The average molecular weight is 303 g/mol. The lowest BCUT2D eigenvalue weighted by Crippen LogP contribution is -2.24. The number of amides is 1. The number of carbonyl (C=O) groups is 1. The molecule has 2 rings (SSSR count). The van der Waals surface area contributed by atoms with E-state index < -0.39 is 0 Å². The van der Waals surface area contributed by atoms with Crippen molar-refractivity contribution in [3.05, 3.63) is 51.5 Å². The van der Waals surface area contributed by atoms with Crippen LogP contribution in [-0.2, 0) is 13.0 Å². The van der Waals surface area contributed by atoms with Crippen molar-refractivity contribution < 1.29 is 4.79 Å². The SMILES string of the molecule is Cc1csc(CCCCNC(=O)c2ccc(CN)cc2)n1. The van der Waals surface area contributed by atoms with Gasteiger partial charge in [-0.25, -0.2) is 4.98 Å². The molecule has 0 aliphatic carbocycles. The van der Waals surface area contributed by atoms with Crippen LogP contribution in [0.1, 0.15) is 39.5 Å². The third-order valence-corrected chi connectivity index (χ3v) is 4.25. The Morgan fingerprint density at radius 1 is 1.29 bits per heavy atom. The number of benzene rings is 1. The van der Waals surface area contributed by atoms with Crippen molar-refractivity contribution in [2.45, 2.75) is 32.7 Å². The van der Waals surface area contributed by atoms with Gasteiger partial charge in [-0.15, -0.1) is 11.3 Å². The number of hydrogen-bond acceptors (Lipinski definition) is 4. The number of nitrogens with two attached hydrogens (primary N) is 1. The van der Waals surface area contributed by atoms with E-state index in [-0.39, 0.29) is 5.91 Å². The fourth-order valence-corrected chi connectivity index (χ4v) is 2.83. The van der Waals surface area contributed by atoms with Crippen LogP contribution in [0.15, 0.2) is 29.6 Å². The summed E-state index contributed by atoms with van der Waals surface area (Å²) in [5.41, 5.74) is 8.34. The molecular weight excluding hydrogens is 282 g/mol. The summed E-state index contributed by atoms with van der Waals surface area (Å²) >= 11 is 1.71. The van der Waals surface area contributed by atoms with Gasteiger partial charge in [0.25, 0.3) is 5.91 Å². The van der Waals surface area contributed by atoms with Crippen molar-refractivity contribution in [2.24, 2.45) is 5.73 Å². The second-order valence-electron chi connectivity index (χ2n) is 5.00. The summed E-state index contributed by atoms with van der Waals surface area (Å²) < 4.78 is 0. The quantitative estimate of drug-likeness (QED) is 0.773. The van der Waals surface area contributed by atoms with Crippen molar-refractivity contribution in [2.75, 3.05) is 6.54 Å². The Kier molecular flexibility index (Phi) is 5.90. The topological polar surface area (TPSA) is 68.0 Å². The van der Waals surface area contributed by atoms with Crippen molar-refractivity contribution in [3.8, 4) is 0 Å². The van der Waals surface area contributed by atoms with Gasteiger partial charge in [0.2, 0.25) is 0 Å². The number of nitrogens with zero attached hydrogens (tertiary/aromatic N) is 1. The molecule has 0 saturated heterocycles. The van der Waals surface area contributed by atoms with E-state index in [9.17, 15) is 4.79 Å². The first kappa shape index (κ1) is 15.7. The maximum absolute atomic E-state index is 11.9. The molecule has 21 heavy (non-hydrogen) atoms. The molecule has 1 aromatic carbocycles. The highest BCUT2D eigenvalue weighted by Gasteiger charge is 2.04. The zero-order chi connectivity index (χ0) is 15.1. The number of rotatable bonds is 7. The number of aryl methyl sites for hydroxylation is 2. The van der Waals surface area contributed by atoms with Gasteiger partial charge >= 0.3 is 0 Å². The van der Waals surface area contributed by atoms with Gasteiger partial charge in [-0.3, -0.25) is 4.79 Å². The normalized spacial score (nSPS) is 10.6. The number of aromatic nitrogens is 1. The van der Waals surface area contributed by atoms with Crippen LogP contribution < -0.4 is 11.1 Å². The van der Waals surface area contributed by atoms with E-state index >= 15 is 0 Å². The first-order valence-corrected chi connectivity index (χ1v) is 8.05. The molecular formula is C16H21N3OS. The van der Waals surface area contributed by atoms with Crippen molar-refractivity contribution >= 4 is 17.2 Å². The molecule has 0 spiro atoms. The van der Waals surface area contributed by atoms with Crippen molar-refractivity contribution in [1.29, 1.82) is 0 Å². The number of thiazole rings is 1. The van der Waals surface area contributed by atoms with Crippen molar-refractivity contribution in [3.63, 3.8) is 0 Å². The Morgan fingerprint density at radius 3 is 2.67 bits per heavy atom. The van der Waals surface area contributed by atoms with Crippen LogP contribution in [0.25, 0.3) is 0 Å². The molecule has 1 aromatic heterocycles. The molecule has 1 heterocycles. The second kappa shape index (κ2) is 7.90. The molecule has 0 fully saturated rings. The largest absolute Gasteiger partial charge is 0.352 e. The maximum atomic E-state index is 11.9. The number of hydrogen-bond donors (Lipinski definition) is 2. The van der Waals surface area contributed by atoms with Crippen molar-refractivity contribution in [1.82, 2.24) is 10.3 Å². The molecule has 0 saturated carbocycles. The molecule has 0 atom stereocenters. The van der Waals surface area contributed by atoms with Crippen LogP contribution in [0.4, 0.5) is 0 Å². The summed E-state index contributed by atoms with van der Waals surface area (Å²) in [5.74, 6) is -0.0244. The summed E-state index contributed by atoms with van der Waals surface area (Å²) in [5, 5.41) is 6.19. The van der Waals surface area contributed by atoms with Gasteiger partial charge in [0.1, 0.15) is 0 Å². The lowest BCUT2D eigenvalue weighted by atomic mass is 10.1. The minimum atomic E-state index is -0.0244. The third kappa shape index (κ3) is 4.95. The molecule has 0 aliphatic heterocycles. The number of carbonyl (C=O) groups excluding carboxylic acids is 1.